The molecule has 0 aliphatic rings. The van der Waals surface area contributed by atoms with Gasteiger partial charge < -0.3 is 5.32 Å². The zero-order chi connectivity index (χ0) is 13.5. The first-order valence-corrected chi connectivity index (χ1v) is 6.40. The third-order valence-corrected chi connectivity index (χ3v) is 2.95. The van der Waals surface area contributed by atoms with Gasteiger partial charge >= 0.3 is 0 Å². The Kier molecular flexibility index (Phi) is 5.60. The lowest BCUT2D eigenvalue weighted by Crippen LogP contribution is -2.40. The number of anilines is 1. The minimum Gasteiger partial charge on any atom is -0.381 e. The van der Waals surface area contributed by atoms with E-state index in [9.17, 15) is 0 Å². The van der Waals surface area contributed by atoms with E-state index in [2.05, 4.69) is 49.0 Å². The van der Waals surface area contributed by atoms with Crippen LogP contribution in [0.15, 0.2) is 18.5 Å². The summed E-state index contributed by atoms with van der Waals surface area (Å²) in [5.41, 5.74) is 1.46. The molecule has 1 aromatic rings. The number of nitrogens with zero attached hydrogens (tertiary/aromatic N) is 3. The lowest BCUT2D eigenvalue weighted by Gasteiger charge is -2.30. The third-order valence-electron chi connectivity index (χ3n) is 2.95. The van der Waals surface area contributed by atoms with Crippen molar-refractivity contribution < 1.29 is 0 Å². The normalized spacial score (nSPS) is 11.0. The Balaban J connectivity index is 2.53. The molecule has 0 amide bonds. The summed E-state index contributed by atoms with van der Waals surface area (Å²) in [6.45, 7) is 10.6. The van der Waals surface area contributed by atoms with Crippen molar-refractivity contribution >= 4 is 5.69 Å². The second-order valence-corrected chi connectivity index (χ2v) is 4.89. The third kappa shape index (κ3) is 4.01. The Morgan fingerprint density at radius 2 is 2.00 bits per heavy atom. The minimum absolute atomic E-state index is 0.524. The Labute approximate surface area is 110 Å². The maximum atomic E-state index is 8.98. The van der Waals surface area contributed by atoms with Crippen LogP contribution in [0.25, 0.3) is 0 Å². The van der Waals surface area contributed by atoms with Gasteiger partial charge in [0.25, 0.3) is 0 Å². The Bertz CT molecular complexity index is 399. The first-order chi connectivity index (χ1) is 8.56. The number of rotatable bonds is 6. The topological polar surface area (TPSA) is 52.0 Å². The molecule has 18 heavy (non-hydrogen) atoms. The summed E-state index contributed by atoms with van der Waals surface area (Å²) in [6, 6.07) is 4.94. The molecule has 98 valence electrons. The van der Waals surface area contributed by atoms with Crippen molar-refractivity contribution in [1.29, 1.82) is 5.26 Å². The predicted octanol–water partition coefficient (Wildman–Crippen LogP) is 2.48. The van der Waals surface area contributed by atoms with Gasteiger partial charge in [0, 0.05) is 31.4 Å². The lowest BCUT2D eigenvalue weighted by atomic mass is 10.2. The standard InChI is InChI=1S/C14H22N4/c1-11(2)18(12(3)4)8-7-17-14-10-16-6-5-13(14)9-15/h5-6,10-12,17H,7-8H2,1-4H3. The number of aromatic nitrogens is 1. The van der Waals surface area contributed by atoms with E-state index in [1.165, 1.54) is 0 Å². The Morgan fingerprint density at radius 1 is 1.33 bits per heavy atom. The molecule has 0 aliphatic heterocycles. The average Bonchev–Trinajstić information content (AvgIpc) is 2.34. The SMILES string of the molecule is CC(C)N(CCNc1cnccc1C#N)C(C)C. The van der Waals surface area contributed by atoms with E-state index in [0.717, 1.165) is 18.8 Å². The van der Waals surface area contributed by atoms with Crippen LogP contribution in [-0.4, -0.2) is 35.1 Å². The highest BCUT2D eigenvalue weighted by Gasteiger charge is 2.12. The summed E-state index contributed by atoms with van der Waals surface area (Å²) < 4.78 is 0. The van der Waals surface area contributed by atoms with Crippen LogP contribution in [0.4, 0.5) is 5.69 Å². The van der Waals surface area contributed by atoms with Crippen LogP contribution in [0, 0.1) is 11.3 Å². The molecule has 0 fully saturated rings. The molecule has 4 heteroatoms. The molecule has 0 bridgehead atoms. The second kappa shape index (κ2) is 6.97. The van der Waals surface area contributed by atoms with E-state index in [1.54, 1.807) is 18.5 Å². The van der Waals surface area contributed by atoms with Crippen molar-refractivity contribution in [3.05, 3.63) is 24.0 Å². The highest BCUT2D eigenvalue weighted by atomic mass is 15.2. The van der Waals surface area contributed by atoms with E-state index in [-0.39, 0.29) is 0 Å². The minimum atomic E-state index is 0.524. The number of hydrogen-bond donors (Lipinski definition) is 1. The largest absolute Gasteiger partial charge is 0.381 e. The number of hydrogen-bond acceptors (Lipinski definition) is 4. The van der Waals surface area contributed by atoms with Gasteiger partial charge in [0.2, 0.25) is 0 Å². The molecule has 4 nitrogen and oxygen atoms in total. The fourth-order valence-corrected chi connectivity index (χ4v) is 2.07. The molecule has 0 aromatic carbocycles. The predicted molar refractivity (Wildman–Crippen MR) is 74.4 cm³/mol. The summed E-state index contributed by atoms with van der Waals surface area (Å²) in [4.78, 5) is 6.45. The van der Waals surface area contributed by atoms with E-state index in [4.69, 9.17) is 5.26 Å². The van der Waals surface area contributed by atoms with Gasteiger partial charge in [0.15, 0.2) is 0 Å². The van der Waals surface area contributed by atoms with Crippen LogP contribution in [0.5, 0.6) is 0 Å². The van der Waals surface area contributed by atoms with Crippen molar-refractivity contribution in [3.63, 3.8) is 0 Å². The average molecular weight is 246 g/mol. The molecular weight excluding hydrogens is 224 g/mol. The van der Waals surface area contributed by atoms with Crippen molar-refractivity contribution in [2.75, 3.05) is 18.4 Å². The maximum absolute atomic E-state index is 8.98. The van der Waals surface area contributed by atoms with Crippen molar-refractivity contribution in [2.24, 2.45) is 0 Å². The van der Waals surface area contributed by atoms with Gasteiger partial charge in [-0.25, -0.2) is 0 Å². The summed E-state index contributed by atoms with van der Waals surface area (Å²) >= 11 is 0. The van der Waals surface area contributed by atoms with Crippen LogP contribution >= 0.6 is 0 Å². The van der Waals surface area contributed by atoms with Gasteiger partial charge in [-0.2, -0.15) is 5.26 Å². The van der Waals surface area contributed by atoms with Gasteiger partial charge in [-0.3, -0.25) is 9.88 Å². The fraction of sp³-hybridized carbons (Fsp3) is 0.571. The van der Waals surface area contributed by atoms with Crippen LogP contribution in [-0.2, 0) is 0 Å². The van der Waals surface area contributed by atoms with Gasteiger partial charge in [-0.1, -0.05) is 0 Å². The molecule has 0 aliphatic carbocycles. The quantitative estimate of drug-likeness (QED) is 0.838. The molecule has 1 rings (SSSR count). The maximum Gasteiger partial charge on any atom is 0.101 e. The van der Waals surface area contributed by atoms with E-state index >= 15 is 0 Å². The van der Waals surface area contributed by atoms with Crippen LogP contribution in [0.1, 0.15) is 33.3 Å². The zero-order valence-corrected chi connectivity index (χ0v) is 11.6. The molecule has 0 saturated carbocycles. The van der Waals surface area contributed by atoms with E-state index in [0.29, 0.717) is 17.6 Å². The van der Waals surface area contributed by atoms with Crippen molar-refractivity contribution in [3.8, 4) is 6.07 Å². The molecule has 1 heterocycles. The fourth-order valence-electron chi connectivity index (χ4n) is 2.07. The van der Waals surface area contributed by atoms with E-state index < -0.39 is 0 Å². The molecule has 0 spiro atoms. The molecular formula is C14H22N4. The Morgan fingerprint density at radius 3 is 2.56 bits per heavy atom. The highest BCUT2D eigenvalue weighted by Crippen LogP contribution is 2.11. The van der Waals surface area contributed by atoms with Gasteiger partial charge in [0.05, 0.1) is 17.4 Å². The summed E-state index contributed by atoms with van der Waals surface area (Å²) in [6.07, 6.45) is 3.34. The summed E-state index contributed by atoms with van der Waals surface area (Å²) in [5, 5.41) is 12.3. The molecule has 0 unspecified atom stereocenters. The molecule has 1 N–H and O–H groups in total. The number of nitriles is 1. The van der Waals surface area contributed by atoms with Gasteiger partial charge in [-0.05, 0) is 33.8 Å². The summed E-state index contributed by atoms with van der Waals surface area (Å²) in [7, 11) is 0. The van der Waals surface area contributed by atoms with Gasteiger partial charge in [-0.15, -0.1) is 0 Å². The Hall–Kier alpha value is -1.60. The monoisotopic (exact) mass is 246 g/mol. The highest BCUT2D eigenvalue weighted by molar-refractivity contribution is 5.55. The van der Waals surface area contributed by atoms with E-state index in [1.807, 2.05) is 0 Å². The second-order valence-electron chi connectivity index (χ2n) is 4.89. The van der Waals surface area contributed by atoms with Crippen LogP contribution < -0.4 is 5.32 Å². The van der Waals surface area contributed by atoms with Crippen molar-refractivity contribution in [1.82, 2.24) is 9.88 Å². The first kappa shape index (κ1) is 14.5. The number of pyridine rings is 1. The van der Waals surface area contributed by atoms with Gasteiger partial charge in [0.1, 0.15) is 6.07 Å². The van der Waals surface area contributed by atoms with Crippen molar-refractivity contribution in [2.45, 2.75) is 39.8 Å². The molecule has 0 radical (unpaired) electrons. The lowest BCUT2D eigenvalue weighted by molar-refractivity contribution is 0.182. The zero-order valence-electron chi connectivity index (χ0n) is 11.6. The molecule has 1 aromatic heterocycles. The molecule has 0 atom stereocenters. The molecule has 0 saturated heterocycles. The smallest absolute Gasteiger partial charge is 0.101 e. The number of nitrogens with one attached hydrogen (secondary N) is 1. The van der Waals surface area contributed by atoms with Crippen LogP contribution in [0.2, 0.25) is 0 Å². The van der Waals surface area contributed by atoms with Crippen LogP contribution in [0.3, 0.4) is 0 Å². The first-order valence-electron chi connectivity index (χ1n) is 6.40. The summed E-state index contributed by atoms with van der Waals surface area (Å²) in [5.74, 6) is 0.